The molecule has 0 radical (unpaired) electrons. The summed E-state index contributed by atoms with van der Waals surface area (Å²) in [5, 5.41) is 21.7. The highest BCUT2D eigenvalue weighted by atomic mass is 32.2. The molecule has 0 fully saturated rings. The van der Waals surface area contributed by atoms with Crippen molar-refractivity contribution in [3.8, 4) is 0 Å². The standard InChI is InChI=1S/C11H17N3O5S/c15-5-4-14-10-3-1-2-9(8(10)6-12-14)13-20(18,19)7-11(16)17/h6,9,13,15H,1-5,7H2,(H,16,17). The van der Waals surface area contributed by atoms with Crippen LogP contribution in [0.2, 0.25) is 0 Å². The fourth-order valence-electron chi connectivity index (χ4n) is 2.45. The highest BCUT2D eigenvalue weighted by Gasteiger charge is 2.28. The van der Waals surface area contributed by atoms with Crippen molar-refractivity contribution >= 4 is 16.0 Å². The van der Waals surface area contributed by atoms with Crippen molar-refractivity contribution in [3.05, 3.63) is 17.5 Å². The molecule has 0 spiro atoms. The van der Waals surface area contributed by atoms with Crippen LogP contribution in [0.4, 0.5) is 0 Å². The Labute approximate surface area is 116 Å². The molecule has 0 aromatic carbocycles. The molecular formula is C11H17N3O5S. The van der Waals surface area contributed by atoms with Gasteiger partial charge < -0.3 is 10.2 Å². The van der Waals surface area contributed by atoms with Crippen LogP contribution in [0.1, 0.15) is 30.1 Å². The maximum absolute atomic E-state index is 11.7. The van der Waals surface area contributed by atoms with Gasteiger partial charge in [0.25, 0.3) is 0 Å². The first-order chi connectivity index (χ1) is 9.43. The molecule has 1 aliphatic carbocycles. The van der Waals surface area contributed by atoms with Crippen LogP contribution in [0, 0.1) is 0 Å². The molecule has 1 heterocycles. The zero-order chi connectivity index (χ0) is 14.8. The molecule has 9 heteroatoms. The molecule has 3 N–H and O–H groups in total. The molecule has 20 heavy (non-hydrogen) atoms. The van der Waals surface area contributed by atoms with Crippen LogP contribution in [-0.4, -0.2) is 46.7 Å². The van der Waals surface area contributed by atoms with Gasteiger partial charge in [-0.05, 0) is 19.3 Å². The van der Waals surface area contributed by atoms with E-state index in [1.165, 1.54) is 0 Å². The number of carbonyl (C=O) groups is 1. The third kappa shape index (κ3) is 3.35. The molecule has 8 nitrogen and oxygen atoms in total. The lowest BCUT2D eigenvalue weighted by Gasteiger charge is -2.23. The van der Waals surface area contributed by atoms with Crippen molar-refractivity contribution in [2.24, 2.45) is 0 Å². The lowest BCUT2D eigenvalue weighted by Crippen LogP contribution is -2.35. The summed E-state index contributed by atoms with van der Waals surface area (Å²) in [5.41, 5.74) is 1.66. The molecule has 1 unspecified atom stereocenters. The molecular weight excluding hydrogens is 286 g/mol. The number of aliphatic hydroxyl groups excluding tert-OH is 1. The van der Waals surface area contributed by atoms with E-state index < -0.39 is 27.8 Å². The summed E-state index contributed by atoms with van der Waals surface area (Å²) in [4.78, 5) is 10.5. The Morgan fingerprint density at radius 3 is 2.95 bits per heavy atom. The van der Waals surface area contributed by atoms with Gasteiger partial charge in [0.05, 0.1) is 25.4 Å². The third-order valence-electron chi connectivity index (χ3n) is 3.21. The molecule has 1 atom stereocenters. The molecule has 0 bridgehead atoms. The van der Waals surface area contributed by atoms with E-state index in [2.05, 4.69) is 9.82 Å². The Morgan fingerprint density at radius 1 is 1.55 bits per heavy atom. The van der Waals surface area contributed by atoms with Gasteiger partial charge >= 0.3 is 5.97 Å². The van der Waals surface area contributed by atoms with Gasteiger partial charge in [0.1, 0.15) is 0 Å². The number of sulfonamides is 1. The first kappa shape index (κ1) is 14.9. The Morgan fingerprint density at radius 2 is 2.30 bits per heavy atom. The summed E-state index contributed by atoms with van der Waals surface area (Å²) in [6, 6.07) is -0.449. The van der Waals surface area contributed by atoms with Crippen LogP contribution in [0.3, 0.4) is 0 Å². The number of carboxylic acid groups (broad SMARTS) is 1. The number of nitrogens with zero attached hydrogens (tertiary/aromatic N) is 2. The SMILES string of the molecule is O=C(O)CS(=O)(=O)NC1CCCc2c1cnn2CCO. The average Bonchev–Trinajstić information content (AvgIpc) is 2.72. The number of aliphatic carboxylic acids is 1. The molecule has 1 aromatic rings. The Hall–Kier alpha value is -1.45. The molecule has 112 valence electrons. The predicted molar refractivity (Wildman–Crippen MR) is 69.6 cm³/mol. The summed E-state index contributed by atoms with van der Waals surface area (Å²) in [7, 11) is -3.86. The van der Waals surface area contributed by atoms with E-state index in [-0.39, 0.29) is 6.61 Å². The van der Waals surface area contributed by atoms with E-state index in [4.69, 9.17) is 10.2 Å². The van der Waals surface area contributed by atoms with E-state index in [0.29, 0.717) is 13.0 Å². The number of hydrogen-bond donors (Lipinski definition) is 3. The summed E-state index contributed by atoms with van der Waals surface area (Å²) < 4.78 is 27.5. The van der Waals surface area contributed by atoms with Crippen LogP contribution < -0.4 is 4.72 Å². The number of rotatable bonds is 6. The van der Waals surface area contributed by atoms with Gasteiger partial charge in [-0.25, -0.2) is 13.1 Å². The van der Waals surface area contributed by atoms with E-state index in [1.54, 1.807) is 10.9 Å². The number of aromatic nitrogens is 2. The molecule has 2 rings (SSSR count). The van der Waals surface area contributed by atoms with Gasteiger partial charge in [0.2, 0.25) is 10.0 Å². The summed E-state index contributed by atoms with van der Waals surface area (Å²) in [6.45, 7) is 0.327. The molecule has 0 aliphatic heterocycles. The Bertz CT molecular complexity index is 595. The van der Waals surface area contributed by atoms with Gasteiger partial charge in [0, 0.05) is 11.3 Å². The number of aliphatic hydroxyl groups is 1. The van der Waals surface area contributed by atoms with E-state index in [0.717, 1.165) is 24.1 Å². The van der Waals surface area contributed by atoms with Crippen LogP contribution in [0.25, 0.3) is 0 Å². The summed E-state index contributed by atoms with van der Waals surface area (Å²) in [5.74, 6) is -2.33. The van der Waals surface area contributed by atoms with Crippen molar-refractivity contribution in [2.45, 2.75) is 31.8 Å². The van der Waals surface area contributed by atoms with Crippen molar-refractivity contribution in [3.63, 3.8) is 0 Å². The van der Waals surface area contributed by atoms with Crippen LogP contribution in [0.15, 0.2) is 6.20 Å². The van der Waals surface area contributed by atoms with Gasteiger partial charge in [-0.1, -0.05) is 0 Å². The van der Waals surface area contributed by atoms with Gasteiger partial charge in [0.15, 0.2) is 5.75 Å². The minimum absolute atomic E-state index is 0.0382. The topological polar surface area (TPSA) is 122 Å². The first-order valence-electron chi connectivity index (χ1n) is 6.30. The van der Waals surface area contributed by atoms with Gasteiger partial charge in [-0.3, -0.25) is 9.48 Å². The summed E-state index contributed by atoms with van der Waals surface area (Å²) >= 11 is 0. The third-order valence-corrected chi connectivity index (χ3v) is 4.48. The van der Waals surface area contributed by atoms with E-state index >= 15 is 0 Å². The van der Waals surface area contributed by atoms with Crippen molar-refractivity contribution in [2.75, 3.05) is 12.4 Å². The van der Waals surface area contributed by atoms with Gasteiger partial charge in [-0.15, -0.1) is 0 Å². The maximum atomic E-state index is 11.7. The van der Waals surface area contributed by atoms with E-state index in [9.17, 15) is 13.2 Å². The minimum atomic E-state index is -3.86. The van der Waals surface area contributed by atoms with Crippen LogP contribution in [0.5, 0.6) is 0 Å². The second-order valence-electron chi connectivity index (χ2n) is 4.71. The quantitative estimate of drug-likeness (QED) is 0.636. The molecule has 0 saturated heterocycles. The minimum Gasteiger partial charge on any atom is -0.480 e. The molecule has 1 aliphatic rings. The van der Waals surface area contributed by atoms with Gasteiger partial charge in [-0.2, -0.15) is 5.10 Å². The van der Waals surface area contributed by atoms with E-state index in [1.807, 2.05) is 0 Å². The van der Waals surface area contributed by atoms with Crippen molar-refractivity contribution < 1.29 is 23.4 Å². The Kier molecular flexibility index (Phi) is 4.41. The number of fused-ring (bicyclic) bond motifs is 1. The fourth-order valence-corrected chi connectivity index (χ4v) is 3.54. The van der Waals surface area contributed by atoms with Crippen molar-refractivity contribution in [1.82, 2.24) is 14.5 Å². The normalized spacial score (nSPS) is 18.8. The number of nitrogens with one attached hydrogen (secondary N) is 1. The zero-order valence-electron chi connectivity index (χ0n) is 10.8. The number of carboxylic acids is 1. The smallest absolute Gasteiger partial charge is 0.320 e. The Balaban J connectivity index is 2.19. The highest BCUT2D eigenvalue weighted by molar-refractivity contribution is 7.90. The van der Waals surface area contributed by atoms with Crippen LogP contribution in [-0.2, 0) is 27.8 Å². The number of hydrogen-bond acceptors (Lipinski definition) is 5. The first-order valence-corrected chi connectivity index (χ1v) is 7.95. The monoisotopic (exact) mass is 303 g/mol. The molecule has 0 amide bonds. The molecule has 1 aromatic heterocycles. The lowest BCUT2D eigenvalue weighted by molar-refractivity contribution is -0.134. The predicted octanol–water partition coefficient (Wildman–Crippen LogP) is -0.743. The zero-order valence-corrected chi connectivity index (χ0v) is 11.6. The second-order valence-corrected chi connectivity index (χ2v) is 6.46. The highest BCUT2D eigenvalue weighted by Crippen LogP contribution is 2.30. The summed E-state index contributed by atoms with van der Waals surface area (Å²) in [6.07, 6.45) is 3.74. The lowest BCUT2D eigenvalue weighted by atomic mass is 9.94. The van der Waals surface area contributed by atoms with Crippen LogP contribution >= 0.6 is 0 Å². The average molecular weight is 303 g/mol. The maximum Gasteiger partial charge on any atom is 0.320 e. The molecule has 0 saturated carbocycles. The second kappa shape index (κ2) is 5.90. The largest absolute Gasteiger partial charge is 0.480 e. The fraction of sp³-hybridized carbons (Fsp3) is 0.636. The van der Waals surface area contributed by atoms with Crippen molar-refractivity contribution in [1.29, 1.82) is 0 Å².